The zero-order valence-corrected chi connectivity index (χ0v) is 13.5. The van der Waals surface area contributed by atoms with Gasteiger partial charge < -0.3 is 9.80 Å². The molecule has 1 heterocycles. The smallest absolute Gasteiger partial charge is 0.256 e. The van der Waals surface area contributed by atoms with Crippen LogP contribution in [0.4, 0.5) is 5.69 Å². The molecule has 0 atom stereocenters. The summed E-state index contributed by atoms with van der Waals surface area (Å²) in [5.41, 5.74) is 1.32. The van der Waals surface area contributed by atoms with Crippen molar-refractivity contribution in [2.24, 2.45) is 5.92 Å². The Bertz CT molecular complexity index is 605. The number of rotatable bonds is 4. The van der Waals surface area contributed by atoms with Gasteiger partial charge in [-0.3, -0.25) is 9.59 Å². The molecule has 0 unspecified atom stereocenters. The second kappa shape index (κ2) is 6.99. The first kappa shape index (κ1) is 15.8. The van der Waals surface area contributed by atoms with Gasteiger partial charge in [-0.2, -0.15) is 0 Å². The molecular formula is C19H24N2O2. The predicted molar refractivity (Wildman–Crippen MR) is 91.5 cm³/mol. The molecule has 1 aliphatic carbocycles. The number of fused-ring (bicyclic) bond motifs is 1. The van der Waals surface area contributed by atoms with E-state index in [2.05, 4.69) is 6.58 Å². The Labute approximate surface area is 137 Å². The molecule has 1 aromatic rings. The Hall–Kier alpha value is -2.10. The molecule has 0 spiro atoms. The molecule has 1 aliphatic heterocycles. The van der Waals surface area contributed by atoms with Crippen molar-refractivity contribution in [2.45, 2.75) is 32.1 Å². The van der Waals surface area contributed by atoms with Crippen LogP contribution < -0.4 is 4.90 Å². The fourth-order valence-corrected chi connectivity index (χ4v) is 3.67. The molecule has 2 amide bonds. The summed E-state index contributed by atoms with van der Waals surface area (Å²) in [6.07, 6.45) is 7.79. The van der Waals surface area contributed by atoms with Crippen LogP contribution in [0.25, 0.3) is 0 Å². The highest BCUT2D eigenvalue weighted by atomic mass is 16.2. The molecule has 0 saturated heterocycles. The highest BCUT2D eigenvalue weighted by Gasteiger charge is 2.32. The summed E-state index contributed by atoms with van der Waals surface area (Å²) in [5, 5.41) is 0. The molecule has 23 heavy (non-hydrogen) atoms. The standard InChI is InChI=1S/C19H24N2O2/c1-2-12-21-17-11-7-6-10-16(17)19(23)20(14-18(21)22)13-15-8-4-3-5-9-15/h2,6-7,10-11,15H,1,3-5,8-9,12-14H2. The number of hydrogen-bond donors (Lipinski definition) is 0. The first-order valence-corrected chi connectivity index (χ1v) is 8.50. The molecule has 1 fully saturated rings. The summed E-state index contributed by atoms with van der Waals surface area (Å²) in [6.45, 7) is 5.02. The van der Waals surface area contributed by atoms with E-state index in [0.717, 1.165) is 12.8 Å². The fraction of sp³-hybridized carbons (Fsp3) is 0.474. The van der Waals surface area contributed by atoms with Crippen LogP contribution in [0.3, 0.4) is 0 Å². The number of nitrogens with zero attached hydrogens (tertiary/aromatic N) is 2. The molecule has 0 bridgehead atoms. The molecule has 4 nitrogen and oxygen atoms in total. The topological polar surface area (TPSA) is 40.6 Å². The normalized spacial score (nSPS) is 19.5. The lowest BCUT2D eigenvalue weighted by molar-refractivity contribution is -0.119. The third kappa shape index (κ3) is 3.31. The van der Waals surface area contributed by atoms with Gasteiger partial charge in [-0.15, -0.1) is 6.58 Å². The van der Waals surface area contributed by atoms with E-state index in [-0.39, 0.29) is 18.4 Å². The first-order chi connectivity index (χ1) is 11.2. The minimum atomic E-state index is -0.0287. The van der Waals surface area contributed by atoms with Crippen LogP contribution in [0.15, 0.2) is 36.9 Å². The number of benzene rings is 1. The van der Waals surface area contributed by atoms with Gasteiger partial charge in [-0.1, -0.05) is 37.5 Å². The number of hydrogen-bond acceptors (Lipinski definition) is 2. The van der Waals surface area contributed by atoms with Gasteiger partial charge in [0.2, 0.25) is 5.91 Å². The molecule has 2 aliphatic rings. The van der Waals surface area contributed by atoms with Gasteiger partial charge in [0.25, 0.3) is 5.91 Å². The minimum absolute atomic E-state index is 0.0221. The predicted octanol–water partition coefficient (Wildman–Crippen LogP) is 3.24. The van der Waals surface area contributed by atoms with Gasteiger partial charge in [0.1, 0.15) is 6.54 Å². The largest absolute Gasteiger partial charge is 0.329 e. The SMILES string of the molecule is C=CCN1C(=O)CN(CC2CCCCC2)C(=O)c2ccccc21. The monoisotopic (exact) mass is 312 g/mol. The zero-order valence-electron chi connectivity index (χ0n) is 13.5. The van der Waals surface area contributed by atoms with E-state index < -0.39 is 0 Å². The molecule has 1 saturated carbocycles. The van der Waals surface area contributed by atoms with Crippen molar-refractivity contribution in [3.8, 4) is 0 Å². The third-order valence-corrected chi connectivity index (χ3v) is 4.85. The van der Waals surface area contributed by atoms with Gasteiger partial charge in [-0.25, -0.2) is 0 Å². The highest BCUT2D eigenvalue weighted by Crippen LogP contribution is 2.29. The van der Waals surface area contributed by atoms with E-state index in [1.54, 1.807) is 15.9 Å². The van der Waals surface area contributed by atoms with Crippen molar-refractivity contribution >= 4 is 17.5 Å². The van der Waals surface area contributed by atoms with Crippen LogP contribution in [-0.2, 0) is 4.79 Å². The van der Waals surface area contributed by atoms with E-state index >= 15 is 0 Å². The van der Waals surface area contributed by atoms with E-state index in [1.807, 2.05) is 24.3 Å². The van der Waals surface area contributed by atoms with Crippen LogP contribution in [0.2, 0.25) is 0 Å². The number of amides is 2. The Morgan fingerprint density at radius 1 is 1.13 bits per heavy atom. The summed E-state index contributed by atoms with van der Waals surface area (Å²) in [4.78, 5) is 29.0. The Kier molecular flexibility index (Phi) is 4.79. The lowest BCUT2D eigenvalue weighted by Gasteiger charge is -2.28. The first-order valence-electron chi connectivity index (χ1n) is 8.50. The number of carbonyl (C=O) groups excluding carboxylic acids is 2. The maximum absolute atomic E-state index is 12.9. The average Bonchev–Trinajstić information content (AvgIpc) is 2.67. The van der Waals surface area contributed by atoms with Gasteiger partial charge in [-0.05, 0) is 30.9 Å². The van der Waals surface area contributed by atoms with E-state index in [4.69, 9.17) is 0 Å². The van der Waals surface area contributed by atoms with Crippen LogP contribution >= 0.6 is 0 Å². The number of anilines is 1. The lowest BCUT2D eigenvalue weighted by Crippen LogP contribution is -2.41. The van der Waals surface area contributed by atoms with Crippen molar-refractivity contribution < 1.29 is 9.59 Å². The second-order valence-electron chi connectivity index (χ2n) is 6.50. The van der Waals surface area contributed by atoms with Gasteiger partial charge in [0.15, 0.2) is 0 Å². The van der Waals surface area contributed by atoms with E-state index in [1.165, 1.54) is 19.3 Å². The molecule has 0 aromatic heterocycles. The maximum atomic E-state index is 12.9. The van der Waals surface area contributed by atoms with E-state index in [0.29, 0.717) is 30.3 Å². The Morgan fingerprint density at radius 2 is 1.87 bits per heavy atom. The number of carbonyl (C=O) groups is 2. The van der Waals surface area contributed by atoms with Gasteiger partial charge >= 0.3 is 0 Å². The second-order valence-corrected chi connectivity index (χ2v) is 6.50. The molecule has 122 valence electrons. The highest BCUT2D eigenvalue weighted by molar-refractivity contribution is 6.09. The fourth-order valence-electron chi connectivity index (χ4n) is 3.67. The molecule has 0 N–H and O–H groups in total. The van der Waals surface area contributed by atoms with Crippen LogP contribution in [0, 0.1) is 5.92 Å². The quantitative estimate of drug-likeness (QED) is 0.801. The molecule has 4 heteroatoms. The van der Waals surface area contributed by atoms with Crippen LogP contribution in [-0.4, -0.2) is 36.3 Å². The summed E-state index contributed by atoms with van der Waals surface area (Å²) >= 11 is 0. The average molecular weight is 312 g/mol. The van der Waals surface area contributed by atoms with Crippen molar-refractivity contribution in [1.82, 2.24) is 4.90 Å². The summed E-state index contributed by atoms with van der Waals surface area (Å²) < 4.78 is 0. The lowest BCUT2D eigenvalue weighted by atomic mass is 9.89. The summed E-state index contributed by atoms with van der Waals surface area (Å²) in [5.74, 6) is 0.476. The van der Waals surface area contributed by atoms with Gasteiger partial charge in [0, 0.05) is 13.1 Å². The molecular weight excluding hydrogens is 288 g/mol. The third-order valence-electron chi connectivity index (χ3n) is 4.85. The van der Waals surface area contributed by atoms with Crippen molar-refractivity contribution in [3.05, 3.63) is 42.5 Å². The molecule has 1 aromatic carbocycles. The van der Waals surface area contributed by atoms with E-state index in [9.17, 15) is 9.59 Å². The van der Waals surface area contributed by atoms with Gasteiger partial charge in [0.05, 0.1) is 11.3 Å². The zero-order chi connectivity index (χ0) is 16.2. The minimum Gasteiger partial charge on any atom is -0.329 e. The maximum Gasteiger partial charge on any atom is 0.256 e. The molecule has 3 rings (SSSR count). The van der Waals surface area contributed by atoms with Crippen molar-refractivity contribution in [3.63, 3.8) is 0 Å². The summed E-state index contributed by atoms with van der Waals surface area (Å²) in [6, 6.07) is 7.39. The van der Waals surface area contributed by atoms with Crippen LogP contribution in [0.5, 0.6) is 0 Å². The van der Waals surface area contributed by atoms with Crippen LogP contribution in [0.1, 0.15) is 42.5 Å². The summed E-state index contributed by atoms with van der Waals surface area (Å²) in [7, 11) is 0. The molecule has 0 radical (unpaired) electrons. The van der Waals surface area contributed by atoms with Crippen molar-refractivity contribution in [2.75, 3.05) is 24.5 Å². The Balaban J connectivity index is 1.88. The number of para-hydroxylation sites is 1. The van der Waals surface area contributed by atoms with Crippen molar-refractivity contribution in [1.29, 1.82) is 0 Å². The Morgan fingerprint density at radius 3 is 2.61 bits per heavy atom.